The molecule has 8 nitrogen and oxygen atoms in total. The number of alkyl carbamates (subject to hydrolysis) is 1. The SMILES string of the molecule is Cc1ccccc1NC(=O)NCCCCC(NC(=O)OC(C)(C)C)C(=O)O. The van der Waals surface area contributed by atoms with Crippen molar-refractivity contribution in [1.29, 1.82) is 0 Å². The first-order valence-electron chi connectivity index (χ1n) is 8.91. The number of anilines is 1. The first-order valence-corrected chi connectivity index (χ1v) is 8.91. The van der Waals surface area contributed by atoms with Crippen LogP contribution in [0.3, 0.4) is 0 Å². The average Bonchev–Trinajstić information content (AvgIpc) is 2.53. The van der Waals surface area contributed by atoms with Gasteiger partial charge in [-0.1, -0.05) is 18.2 Å². The van der Waals surface area contributed by atoms with Gasteiger partial charge in [0, 0.05) is 12.2 Å². The van der Waals surface area contributed by atoms with E-state index in [2.05, 4.69) is 16.0 Å². The number of urea groups is 1. The van der Waals surface area contributed by atoms with Crippen LogP contribution < -0.4 is 16.0 Å². The maximum atomic E-state index is 11.9. The fraction of sp³-hybridized carbons (Fsp3) is 0.526. The summed E-state index contributed by atoms with van der Waals surface area (Å²) in [6.07, 6.45) is 0.597. The van der Waals surface area contributed by atoms with Crippen LogP contribution >= 0.6 is 0 Å². The highest BCUT2D eigenvalue weighted by molar-refractivity contribution is 5.89. The molecule has 0 fully saturated rings. The summed E-state index contributed by atoms with van der Waals surface area (Å²) >= 11 is 0. The number of carbonyl (C=O) groups is 3. The highest BCUT2D eigenvalue weighted by Crippen LogP contribution is 2.12. The maximum Gasteiger partial charge on any atom is 0.408 e. The fourth-order valence-corrected chi connectivity index (χ4v) is 2.26. The lowest BCUT2D eigenvalue weighted by Gasteiger charge is -2.22. The summed E-state index contributed by atoms with van der Waals surface area (Å²) in [6.45, 7) is 7.41. The van der Waals surface area contributed by atoms with Gasteiger partial charge in [-0.05, 0) is 58.6 Å². The molecule has 1 atom stereocenters. The number of aliphatic carboxylic acids is 1. The molecule has 4 N–H and O–H groups in total. The zero-order valence-corrected chi connectivity index (χ0v) is 16.3. The standard InChI is InChI=1S/C19H29N3O5/c1-13-9-5-6-10-14(13)21-17(25)20-12-8-7-11-15(16(23)24)22-18(26)27-19(2,3)4/h5-6,9-10,15H,7-8,11-12H2,1-4H3,(H,22,26)(H,23,24)(H2,20,21,25). The number of unbranched alkanes of at least 4 members (excludes halogenated alkanes) is 1. The van der Waals surface area contributed by atoms with E-state index in [0.29, 0.717) is 19.4 Å². The zero-order chi connectivity index (χ0) is 20.4. The molecule has 1 unspecified atom stereocenters. The molecule has 0 saturated carbocycles. The second-order valence-electron chi connectivity index (χ2n) is 7.23. The minimum atomic E-state index is -1.12. The maximum absolute atomic E-state index is 11.9. The first kappa shape index (κ1) is 22.3. The van der Waals surface area contributed by atoms with Crippen molar-refractivity contribution in [3.05, 3.63) is 29.8 Å². The van der Waals surface area contributed by atoms with E-state index >= 15 is 0 Å². The van der Waals surface area contributed by atoms with E-state index in [4.69, 9.17) is 4.74 Å². The van der Waals surface area contributed by atoms with Gasteiger partial charge in [-0.25, -0.2) is 14.4 Å². The number of carboxylic acid groups (broad SMARTS) is 1. The first-order chi connectivity index (χ1) is 12.6. The van der Waals surface area contributed by atoms with E-state index in [9.17, 15) is 19.5 Å². The molecule has 3 amide bonds. The van der Waals surface area contributed by atoms with E-state index in [1.54, 1.807) is 20.8 Å². The summed E-state index contributed by atoms with van der Waals surface area (Å²) < 4.78 is 5.06. The molecule has 0 aliphatic rings. The lowest BCUT2D eigenvalue weighted by Crippen LogP contribution is -2.43. The Balaban J connectivity index is 2.29. The van der Waals surface area contributed by atoms with Crippen LogP contribution in [-0.4, -0.2) is 41.4 Å². The van der Waals surface area contributed by atoms with Gasteiger partial charge in [0.1, 0.15) is 11.6 Å². The molecule has 0 aliphatic heterocycles. The normalized spacial score (nSPS) is 12.0. The Morgan fingerprint density at radius 3 is 2.41 bits per heavy atom. The summed E-state index contributed by atoms with van der Waals surface area (Å²) in [6, 6.07) is 6.11. The number of carbonyl (C=O) groups excluding carboxylic acids is 2. The van der Waals surface area contributed by atoms with Crippen LogP contribution in [0.4, 0.5) is 15.3 Å². The number of amides is 3. The van der Waals surface area contributed by atoms with Crippen LogP contribution in [0.1, 0.15) is 45.6 Å². The molecule has 150 valence electrons. The molecule has 1 rings (SSSR count). The van der Waals surface area contributed by atoms with Crippen molar-refractivity contribution < 1.29 is 24.2 Å². The summed E-state index contributed by atoms with van der Waals surface area (Å²) in [5.41, 5.74) is 1.01. The van der Waals surface area contributed by atoms with Crippen molar-refractivity contribution in [2.24, 2.45) is 0 Å². The van der Waals surface area contributed by atoms with Crippen molar-refractivity contribution in [3.63, 3.8) is 0 Å². The van der Waals surface area contributed by atoms with Crippen molar-refractivity contribution in [2.45, 2.75) is 58.6 Å². The molecule has 1 aromatic carbocycles. The Morgan fingerprint density at radius 1 is 1.15 bits per heavy atom. The van der Waals surface area contributed by atoms with Crippen molar-refractivity contribution in [1.82, 2.24) is 10.6 Å². The lowest BCUT2D eigenvalue weighted by atomic mass is 10.1. The van der Waals surface area contributed by atoms with Crippen LogP contribution in [0, 0.1) is 6.92 Å². The van der Waals surface area contributed by atoms with Crippen molar-refractivity contribution in [2.75, 3.05) is 11.9 Å². The zero-order valence-electron chi connectivity index (χ0n) is 16.3. The second-order valence-corrected chi connectivity index (χ2v) is 7.23. The van der Waals surface area contributed by atoms with E-state index < -0.39 is 23.7 Å². The van der Waals surface area contributed by atoms with E-state index in [-0.39, 0.29) is 12.5 Å². The van der Waals surface area contributed by atoms with Crippen LogP contribution in [0.25, 0.3) is 0 Å². The van der Waals surface area contributed by atoms with Gasteiger partial charge in [-0.3, -0.25) is 0 Å². The fourth-order valence-electron chi connectivity index (χ4n) is 2.26. The van der Waals surface area contributed by atoms with E-state index in [0.717, 1.165) is 11.3 Å². The number of carboxylic acids is 1. The van der Waals surface area contributed by atoms with Gasteiger partial charge in [0.05, 0.1) is 0 Å². The van der Waals surface area contributed by atoms with Gasteiger partial charge in [0.15, 0.2) is 0 Å². The summed E-state index contributed by atoms with van der Waals surface area (Å²) in [7, 11) is 0. The van der Waals surface area contributed by atoms with Gasteiger partial charge in [-0.15, -0.1) is 0 Å². The highest BCUT2D eigenvalue weighted by Gasteiger charge is 2.23. The van der Waals surface area contributed by atoms with Crippen molar-refractivity contribution in [3.8, 4) is 0 Å². The molecular formula is C19H29N3O5. The largest absolute Gasteiger partial charge is 0.480 e. The molecule has 0 aromatic heterocycles. The van der Waals surface area contributed by atoms with E-state index in [1.165, 1.54) is 0 Å². The Morgan fingerprint density at radius 2 is 1.81 bits per heavy atom. The average molecular weight is 379 g/mol. The minimum absolute atomic E-state index is 0.246. The van der Waals surface area contributed by atoms with Gasteiger partial charge in [-0.2, -0.15) is 0 Å². The number of benzene rings is 1. The molecule has 27 heavy (non-hydrogen) atoms. The predicted octanol–water partition coefficient (Wildman–Crippen LogP) is 3.26. The Bertz CT molecular complexity index is 655. The monoisotopic (exact) mass is 379 g/mol. The second kappa shape index (κ2) is 10.4. The third-order valence-electron chi connectivity index (χ3n) is 3.59. The number of rotatable bonds is 8. The number of ether oxygens (including phenoxy) is 1. The molecule has 0 bridgehead atoms. The summed E-state index contributed by atoms with van der Waals surface area (Å²) in [5, 5.41) is 17.0. The minimum Gasteiger partial charge on any atom is -0.480 e. The molecule has 8 heteroatoms. The number of hydrogen-bond donors (Lipinski definition) is 4. The summed E-state index contributed by atoms with van der Waals surface area (Å²) in [4.78, 5) is 34.8. The quantitative estimate of drug-likeness (QED) is 0.517. The van der Waals surface area contributed by atoms with Crippen molar-refractivity contribution >= 4 is 23.8 Å². The molecule has 0 saturated heterocycles. The van der Waals surface area contributed by atoms with Crippen LogP contribution in [-0.2, 0) is 9.53 Å². The third-order valence-corrected chi connectivity index (χ3v) is 3.59. The van der Waals surface area contributed by atoms with Crippen LogP contribution in [0.5, 0.6) is 0 Å². The van der Waals surface area contributed by atoms with Crippen LogP contribution in [0.2, 0.25) is 0 Å². The summed E-state index contributed by atoms with van der Waals surface area (Å²) in [5.74, 6) is -1.12. The molecule has 0 spiro atoms. The molecule has 0 heterocycles. The third kappa shape index (κ3) is 9.48. The van der Waals surface area contributed by atoms with Gasteiger partial charge in [0.2, 0.25) is 0 Å². The molecule has 0 aliphatic carbocycles. The predicted molar refractivity (Wildman–Crippen MR) is 103 cm³/mol. The number of nitrogens with one attached hydrogen (secondary N) is 3. The number of para-hydroxylation sites is 1. The van der Waals surface area contributed by atoms with Crippen LogP contribution in [0.15, 0.2) is 24.3 Å². The number of hydrogen-bond acceptors (Lipinski definition) is 4. The Labute approximate surface area is 159 Å². The van der Waals surface area contributed by atoms with Gasteiger partial charge < -0.3 is 25.8 Å². The van der Waals surface area contributed by atoms with Gasteiger partial charge >= 0.3 is 18.1 Å². The smallest absolute Gasteiger partial charge is 0.408 e. The Hall–Kier alpha value is -2.77. The topological polar surface area (TPSA) is 117 Å². The Kier molecular flexibility index (Phi) is 8.58. The van der Waals surface area contributed by atoms with Gasteiger partial charge in [0.25, 0.3) is 0 Å². The lowest BCUT2D eigenvalue weighted by molar-refractivity contribution is -0.139. The highest BCUT2D eigenvalue weighted by atomic mass is 16.6. The number of aryl methyl sites for hydroxylation is 1. The molecule has 1 aromatic rings. The molecular weight excluding hydrogens is 350 g/mol. The molecule has 0 radical (unpaired) electrons. The van der Waals surface area contributed by atoms with E-state index in [1.807, 2.05) is 31.2 Å².